The number of hydrogen-bond donors (Lipinski definition) is 1. The van der Waals surface area contributed by atoms with Crippen molar-refractivity contribution < 1.29 is 4.74 Å². The molecule has 0 saturated carbocycles. The molecule has 4 heterocycles. The summed E-state index contributed by atoms with van der Waals surface area (Å²) < 4.78 is 6.11. The van der Waals surface area contributed by atoms with E-state index in [4.69, 9.17) is 21.3 Å². The maximum Gasteiger partial charge on any atom is 0.225 e. The molecule has 226 valence electrons. The number of anilines is 1. The molecule has 2 aromatic carbocycles. The summed E-state index contributed by atoms with van der Waals surface area (Å²) in [6.45, 7) is 16.6. The number of halogens is 1. The molecule has 0 atom stereocenters. The van der Waals surface area contributed by atoms with Crippen LogP contribution in [0.5, 0.6) is 5.75 Å². The number of piperazine rings is 2. The van der Waals surface area contributed by atoms with Gasteiger partial charge in [-0.25, -0.2) is 9.97 Å². The van der Waals surface area contributed by atoms with Gasteiger partial charge < -0.3 is 15.0 Å². The molecular formula is C33H41ClN8O. The molecule has 0 amide bonds. The summed E-state index contributed by atoms with van der Waals surface area (Å²) in [6.07, 6.45) is 1.83. The van der Waals surface area contributed by atoms with E-state index in [0.29, 0.717) is 23.2 Å². The number of nitriles is 1. The third-order valence-electron chi connectivity index (χ3n) is 9.07. The molecule has 9 nitrogen and oxygen atoms in total. The average molecular weight is 601 g/mol. The van der Waals surface area contributed by atoms with Crippen LogP contribution in [0.1, 0.15) is 36.2 Å². The fourth-order valence-corrected chi connectivity index (χ4v) is 6.47. The largest absolute Gasteiger partial charge is 0.487 e. The molecule has 0 aliphatic carbocycles. The second-order valence-corrected chi connectivity index (χ2v) is 12.8. The average Bonchev–Trinajstić information content (AvgIpc) is 3.02. The van der Waals surface area contributed by atoms with E-state index in [1.807, 2.05) is 36.5 Å². The van der Waals surface area contributed by atoms with Crippen LogP contribution in [-0.4, -0.2) is 103 Å². The summed E-state index contributed by atoms with van der Waals surface area (Å²) in [4.78, 5) is 19.5. The molecule has 3 aliphatic rings. The summed E-state index contributed by atoms with van der Waals surface area (Å²) in [5, 5.41) is 13.4. The molecule has 43 heavy (non-hydrogen) atoms. The van der Waals surface area contributed by atoms with E-state index in [1.54, 1.807) is 6.07 Å². The second-order valence-electron chi connectivity index (χ2n) is 12.3. The minimum Gasteiger partial charge on any atom is -0.487 e. The van der Waals surface area contributed by atoms with Crippen LogP contribution in [0.15, 0.2) is 54.7 Å². The first-order valence-electron chi connectivity index (χ1n) is 15.3. The van der Waals surface area contributed by atoms with Crippen LogP contribution >= 0.6 is 11.6 Å². The van der Waals surface area contributed by atoms with Crippen LogP contribution in [0.2, 0.25) is 5.02 Å². The predicted molar refractivity (Wildman–Crippen MR) is 170 cm³/mol. The summed E-state index contributed by atoms with van der Waals surface area (Å²) in [6, 6.07) is 18.4. The van der Waals surface area contributed by atoms with Gasteiger partial charge in [-0.2, -0.15) is 5.26 Å². The highest BCUT2D eigenvalue weighted by atomic mass is 35.5. The van der Waals surface area contributed by atoms with Crippen molar-refractivity contribution in [1.29, 1.82) is 5.26 Å². The maximum atomic E-state index is 9.35. The van der Waals surface area contributed by atoms with Crippen molar-refractivity contribution in [2.75, 3.05) is 77.0 Å². The van der Waals surface area contributed by atoms with Crippen LogP contribution in [-0.2, 0) is 12.0 Å². The van der Waals surface area contributed by atoms with Crippen molar-refractivity contribution in [2.24, 2.45) is 0 Å². The van der Waals surface area contributed by atoms with Crippen LogP contribution in [0.4, 0.5) is 5.95 Å². The third kappa shape index (κ3) is 7.11. The highest BCUT2D eigenvalue weighted by Gasteiger charge is 2.34. The van der Waals surface area contributed by atoms with E-state index in [1.165, 1.54) is 13.1 Å². The molecule has 10 heteroatoms. The van der Waals surface area contributed by atoms with Crippen LogP contribution in [0.25, 0.3) is 0 Å². The molecule has 3 fully saturated rings. The molecule has 6 rings (SSSR count). The number of ether oxygens (including phenoxy) is 1. The van der Waals surface area contributed by atoms with E-state index >= 15 is 0 Å². The van der Waals surface area contributed by atoms with Gasteiger partial charge in [-0.3, -0.25) is 14.7 Å². The molecule has 3 aromatic rings. The first-order chi connectivity index (χ1) is 20.9. The van der Waals surface area contributed by atoms with E-state index in [9.17, 15) is 5.26 Å². The smallest absolute Gasteiger partial charge is 0.225 e. The Bertz CT molecular complexity index is 1420. The van der Waals surface area contributed by atoms with Gasteiger partial charge >= 0.3 is 0 Å². The Morgan fingerprint density at radius 3 is 2.42 bits per heavy atom. The Labute approximate surface area is 260 Å². The summed E-state index contributed by atoms with van der Waals surface area (Å²) in [7, 11) is 0. The molecule has 0 unspecified atom stereocenters. The first-order valence-corrected chi connectivity index (χ1v) is 15.7. The quantitative estimate of drug-likeness (QED) is 0.396. The first kappa shape index (κ1) is 29.8. The number of aromatic nitrogens is 2. The van der Waals surface area contributed by atoms with Crippen molar-refractivity contribution in [3.63, 3.8) is 0 Å². The van der Waals surface area contributed by atoms with Crippen LogP contribution in [0.3, 0.4) is 0 Å². The topological polar surface area (TPSA) is 83.8 Å². The molecule has 3 aliphatic heterocycles. The van der Waals surface area contributed by atoms with Gasteiger partial charge in [0.1, 0.15) is 12.4 Å². The molecule has 1 aromatic heterocycles. The summed E-state index contributed by atoms with van der Waals surface area (Å²) in [5.41, 5.74) is 3.23. The lowest BCUT2D eigenvalue weighted by molar-refractivity contribution is -0.00761. The Kier molecular flexibility index (Phi) is 9.12. The number of likely N-dealkylation sites (tertiary alicyclic amines) is 1. The van der Waals surface area contributed by atoms with Gasteiger partial charge in [0, 0.05) is 88.1 Å². The van der Waals surface area contributed by atoms with Gasteiger partial charge in [0.05, 0.1) is 24.0 Å². The molecule has 3 saturated heterocycles. The zero-order chi connectivity index (χ0) is 29.8. The normalized spacial score (nSPS) is 19.2. The zero-order valence-electron chi connectivity index (χ0n) is 25.2. The van der Waals surface area contributed by atoms with Crippen molar-refractivity contribution in [3.8, 4) is 11.8 Å². The summed E-state index contributed by atoms with van der Waals surface area (Å²) >= 11 is 6.28. The van der Waals surface area contributed by atoms with Gasteiger partial charge in [0.25, 0.3) is 0 Å². The lowest BCUT2D eigenvalue weighted by Gasteiger charge is -2.49. The molecule has 1 N–H and O–H groups in total. The van der Waals surface area contributed by atoms with Gasteiger partial charge in [-0.1, -0.05) is 37.6 Å². The van der Waals surface area contributed by atoms with E-state index in [0.717, 1.165) is 87.5 Å². The Morgan fingerprint density at radius 2 is 1.70 bits per heavy atom. The lowest BCUT2D eigenvalue weighted by Crippen LogP contribution is -2.65. The fourth-order valence-electron chi connectivity index (χ4n) is 6.24. The number of nitrogens with one attached hydrogen (secondary N) is 1. The minimum absolute atomic E-state index is 0.316. The molecule has 0 spiro atoms. The van der Waals surface area contributed by atoms with Crippen LogP contribution in [0, 0.1) is 11.3 Å². The minimum atomic E-state index is -0.316. The van der Waals surface area contributed by atoms with Crippen LogP contribution < -0.4 is 15.0 Å². The van der Waals surface area contributed by atoms with Gasteiger partial charge in [-0.05, 0) is 47.5 Å². The van der Waals surface area contributed by atoms with Crippen molar-refractivity contribution in [1.82, 2.24) is 30.0 Å². The number of nitrogens with zero attached hydrogens (tertiary/aromatic N) is 7. The van der Waals surface area contributed by atoms with Gasteiger partial charge in [-0.15, -0.1) is 0 Å². The number of hydrogen-bond acceptors (Lipinski definition) is 9. The third-order valence-corrected chi connectivity index (χ3v) is 9.29. The summed E-state index contributed by atoms with van der Waals surface area (Å²) in [5.74, 6) is 1.56. The molecule has 0 bridgehead atoms. The van der Waals surface area contributed by atoms with Crippen molar-refractivity contribution in [3.05, 3.63) is 82.1 Å². The highest BCUT2D eigenvalue weighted by Crippen LogP contribution is 2.34. The standard InChI is InChI=1S/C33H41ClN8O/c1-33(2,27-17-25(20-35)18-28(34)19-27)26-3-5-31(6-4-26)43-23-29-7-8-37-32(38-29)42-15-13-41(14-16-42)30-21-40(22-30)24-39-11-9-36-10-12-39/h3-8,17-19,30,36H,9-16,21-24H2,1-2H3. The Balaban J connectivity index is 0.982. The predicted octanol–water partition coefficient (Wildman–Crippen LogP) is 3.58. The number of rotatable bonds is 9. The Hall–Kier alpha value is -3.26. The lowest BCUT2D eigenvalue weighted by atomic mass is 9.78. The highest BCUT2D eigenvalue weighted by molar-refractivity contribution is 6.30. The monoisotopic (exact) mass is 600 g/mol. The second kappa shape index (κ2) is 13.2. The van der Waals surface area contributed by atoms with Gasteiger partial charge in [0.15, 0.2) is 0 Å². The van der Waals surface area contributed by atoms with Gasteiger partial charge in [0.2, 0.25) is 5.95 Å². The van der Waals surface area contributed by atoms with Crippen molar-refractivity contribution >= 4 is 17.5 Å². The maximum absolute atomic E-state index is 9.35. The SMILES string of the molecule is CC(C)(c1ccc(OCc2ccnc(N3CCN(C4CN(CN5CCNCC5)C4)CC3)n2)cc1)c1cc(Cl)cc(C#N)c1. The zero-order valence-corrected chi connectivity index (χ0v) is 25.9. The van der Waals surface area contributed by atoms with Crippen molar-refractivity contribution in [2.45, 2.75) is 31.9 Å². The van der Waals surface area contributed by atoms with E-state index in [2.05, 4.69) is 61.9 Å². The van der Waals surface area contributed by atoms with E-state index in [-0.39, 0.29) is 5.41 Å². The fraction of sp³-hybridized carbons (Fsp3) is 0.485. The van der Waals surface area contributed by atoms with E-state index < -0.39 is 0 Å². The molecule has 0 radical (unpaired) electrons. The Morgan fingerprint density at radius 1 is 0.953 bits per heavy atom. The molecular weight excluding hydrogens is 560 g/mol. The number of benzene rings is 2.